The summed E-state index contributed by atoms with van der Waals surface area (Å²) in [6, 6.07) is 6.67. The second-order valence-corrected chi connectivity index (χ2v) is 6.52. The molecule has 0 saturated carbocycles. The van der Waals surface area contributed by atoms with E-state index in [0.717, 1.165) is 8.95 Å². The fourth-order valence-electron chi connectivity index (χ4n) is 1.79. The van der Waals surface area contributed by atoms with Gasteiger partial charge in [-0.15, -0.1) is 0 Å². The van der Waals surface area contributed by atoms with Crippen molar-refractivity contribution in [2.45, 2.75) is 26.8 Å². The van der Waals surface area contributed by atoms with Crippen LogP contribution in [0.2, 0.25) is 0 Å². The zero-order chi connectivity index (χ0) is 11.6. The van der Waals surface area contributed by atoms with Gasteiger partial charge in [0.15, 0.2) is 0 Å². The summed E-state index contributed by atoms with van der Waals surface area (Å²) in [6.07, 6.45) is 0. The molecule has 0 amide bonds. The number of benzene rings is 1. The van der Waals surface area contributed by atoms with E-state index in [0.29, 0.717) is 6.04 Å². The Kier molecular flexibility index (Phi) is 4.38. The maximum atomic E-state index is 3.61. The third kappa shape index (κ3) is 3.30. The van der Waals surface area contributed by atoms with E-state index in [1.165, 1.54) is 5.56 Å². The average Bonchev–Trinajstić information content (AvgIpc) is 2.07. The van der Waals surface area contributed by atoms with Crippen LogP contribution < -0.4 is 5.32 Å². The molecule has 0 fully saturated rings. The summed E-state index contributed by atoms with van der Waals surface area (Å²) in [7, 11) is 2.00. The van der Waals surface area contributed by atoms with Crippen LogP contribution in [0.4, 0.5) is 0 Å². The first-order valence-electron chi connectivity index (χ1n) is 4.98. The van der Waals surface area contributed by atoms with Crippen LogP contribution in [0.3, 0.4) is 0 Å². The molecular formula is C12H17Br2N. The second kappa shape index (κ2) is 4.98. The van der Waals surface area contributed by atoms with Crippen molar-refractivity contribution in [1.82, 2.24) is 5.32 Å². The molecule has 0 aromatic heterocycles. The molecule has 1 aromatic rings. The van der Waals surface area contributed by atoms with Gasteiger partial charge in [-0.25, -0.2) is 0 Å². The van der Waals surface area contributed by atoms with Gasteiger partial charge in [-0.05, 0) is 30.2 Å². The molecule has 15 heavy (non-hydrogen) atoms. The Morgan fingerprint density at radius 1 is 1.20 bits per heavy atom. The molecule has 0 aliphatic carbocycles. The normalized spacial score (nSPS) is 14.0. The molecule has 0 heterocycles. The van der Waals surface area contributed by atoms with E-state index in [4.69, 9.17) is 0 Å². The van der Waals surface area contributed by atoms with Crippen LogP contribution in [0.15, 0.2) is 27.1 Å². The summed E-state index contributed by atoms with van der Waals surface area (Å²) in [5, 5.41) is 3.37. The molecule has 0 aliphatic rings. The first kappa shape index (κ1) is 13.2. The number of hydrogen-bond acceptors (Lipinski definition) is 1. The smallest absolute Gasteiger partial charge is 0.0378 e. The summed E-state index contributed by atoms with van der Waals surface area (Å²) in [6.45, 7) is 6.72. The van der Waals surface area contributed by atoms with Crippen LogP contribution in [0.1, 0.15) is 32.4 Å². The van der Waals surface area contributed by atoms with Gasteiger partial charge in [0.05, 0.1) is 0 Å². The molecule has 84 valence electrons. The number of nitrogens with one attached hydrogen (secondary N) is 1. The van der Waals surface area contributed by atoms with Gasteiger partial charge in [-0.3, -0.25) is 0 Å². The fourth-order valence-corrected chi connectivity index (χ4v) is 3.07. The largest absolute Gasteiger partial charge is 0.313 e. The summed E-state index contributed by atoms with van der Waals surface area (Å²) in [5.74, 6) is 0. The second-order valence-electron chi connectivity index (χ2n) is 4.75. The van der Waals surface area contributed by atoms with Gasteiger partial charge in [0.2, 0.25) is 0 Å². The highest BCUT2D eigenvalue weighted by atomic mass is 79.9. The van der Waals surface area contributed by atoms with Gasteiger partial charge < -0.3 is 5.32 Å². The Morgan fingerprint density at radius 2 is 1.80 bits per heavy atom. The van der Waals surface area contributed by atoms with Crippen molar-refractivity contribution in [2.24, 2.45) is 5.41 Å². The van der Waals surface area contributed by atoms with Crippen molar-refractivity contribution in [3.63, 3.8) is 0 Å². The van der Waals surface area contributed by atoms with Crippen molar-refractivity contribution in [3.05, 3.63) is 32.7 Å². The Bertz CT molecular complexity index is 342. The average molecular weight is 335 g/mol. The van der Waals surface area contributed by atoms with Gasteiger partial charge in [-0.1, -0.05) is 58.7 Å². The number of halogens is 2. The molecule has 0 spiro atoms. The Balaban J connectivity index is 3.13. The summed E-state index contributed by atoms with van der Waals surface area (Å²) >= 11 is 7.08. The SMILES string of the molecule is CNC(c1ccc(Br)cc1Br)C(C)(C)C. The van der Waals surface area contributed by atoms with Crippen molar-refractivity contribution in [2.75, 3.05) is 7.05 Å². The summed E-state index contributed by atoms with van der Waals surface area (Å²) in [4.78, 5) is 0. The predicted molar refractivity (Wildman–Crippen MR) is 73.1 cm³/mol. The molecule has 1 rings (SSSR count). The van der Waals surface area contributed by atoms with Crippen LogP contribution in [-0.4, -0.2) is 7.05 Å². The van der Waals surface area contributed by atoms with E-state index in [1.54, 1.807) is 0 Å². The van der Waals surface area contributed by atoms with Crippen molar-refractivity contribution < 1.29 is 0 Å². The molecule has 1 atom stereocenters. The first-order valence-corrected chi connectivity index (χ1v) is 6.57. The van der Waals surface area contributed by atoms with Crippen molar-refractivity contribution in [1.29, 1.82) is 0 Å². The zero-order valence-corrected chi connectivity index (χ0v) is 12.7. The summed E-state index contributed by atoms with van der Waals surface area (Å²) in [5.41, 5.74) is 1.50. The molecule has 0 bridgehead atoms. The van der Waals surface area contributed by atoms with Gasteiger partial charge in [0.1, 0.15) is 0 Å². The van der Waals surface area contributed by atoms with E-state index >= 15 is 0 Å². The Hall–Kier alpha value is 0.140. The molecular weight excluding hydrogens is 318 g/mol. The van der Waals surface area contributed by atoms with Crippen LogP contribution in [-0.2, 0) is 0 Å². The van der Waals surface area contributed by atoms with E-state index in [1.807, 2.05) is 7.05 Å². The van der Waals surface area contributed by atoms with Crippen molar-refractivity contribution >= 4 is 31.9 Å². The topological polar surface area (TPSA) is 12.0 Å². The standard InChI is InChI=1S/C12H17Br2N/c1-12(2,3)11(15-4)9-6-5-8(13)7-10(9)14/h5-7,11,15H,1-4H3. The molecule has 0 aliphatic heterocycles. The van der Waals surface area contributed by atoms with Crippen molar-refractivity contribution in [3.8, 4) is 0 Å². The molecule has 3 heteroatoms. The fraction of sp³-hybridized carbons (Fsp3) is 0.500. The lowest BCUT2D eigenvalue weighted by atomic mass is 9.82. The first-order chi connectivity index (χ1) is 6.86. The monoisotopic (exact) mass is 333 g/mol. The lowest BCUT2D eigenvalue weighted by Crippen LogP contribution is -2.29. The highest BCUT2D eigenvalue weighted by Gasteiger charge is 2.26. The highest BCUT2D eigenvalue weighted by Crippen LogP contribution is 2.36. The van der Waals surface area contributed by atoms with Gasteiger partial charge in [0.25, 0.3) is 0 Å². The van der Waals surface area contributed by atoms with Crippen LogP contribution in [0.25, 0.3) is 0 Å². The maximum Gasteiger partial charge on any atom is 0.0378 e. The van der Waals surface area contributed by atoms with Crippen LogP contribution in [0, 0.1) is 5.41 Å². The zero-order valence-electron chi connectivity index (χ0n) is 9.57. The number of hydrogen-bond donors (Lipinski definition) is 1. The molecule has 1 unspecified atom stereocenters. The molecule has 1 N–H and O–H groups in total. The van der Waals surface area contributed by atoms with E-state index in [2.05, 4.69) is 76.1 Å². The molecule has 0 radical (unpaired) electrons. The van der Waals surface area contributed by atoms with Crippen LogP contribution in [0.5, 0.6) is 0 Å². The molecule has 1 nitrogen and oxygen atoms in total. The van der Waals surface area contributed by atoms with E-state index in [9.17, 15) is 0 Å². The third-order valence-corrected chi connectivity index (χ3v) is 3.61. The van der Waals surface area contributed by atoms with E-state index < -0.39 is 0 Å². The molecule has 1 aromatic carbocycles. The highest BCUT2D eigenvalue weighted by molar-refractivity contribution is 9.11. The van der Waals surface area contributed by atoms with Crippen LogP contribution >= 0.6 is 31.9 Å². The predicted octanol–water partition coefficient (Wildman–Crippen LogP) is 4.52. The Labute approximate surface area is 109 Å². The quantitative estimate of drug-likeness (QED) is 0.838. The third-order valence-electron chi connectivity index (χ3n) is 2.43. The van der Waals surface area contributed by atoms with Gasteiger partial charge >= 0.3 is 0 Å². The van der Waals surface area contributed by atoms with Gasteiger partial charge in [-0.2, -0.15) is 0 Å². The minimum absolute atomic E-state index is 0.200. The lowest BCUT2D eigenvalue weighted by Gasteiger charge is -2.31. The lowest BCUT2D eigenvalue weighted by molar-refractivity contribution is 0.286. The van der Waals surface area contributed by atoms with Gasteiger partial charge in [0, 0.05) is 15.0 Å². The maximum absolute atomic E-state index is 3.61. The Morgan fingerprint density at radius 3 is 2.20 bits per heavy atom. The minimum atomic E-state index is 0.200. The molecule has 0 saturated heterocycles. The van der Waals surface area contributed by atoms with E-state index in [-0.39, 0.29) is 5.41 Å². The summed E-state index contributed by atoms with van der Waals surface area (Å²) < 4.78 is 2.24. The number of rotatable bonds is 2. The minimum Gasteiger partial charge on any atom is -0.313 e.